The highest BCUT2D eigenvalue weighted by atomic mass is 16.8. The van der Waals surface area contributed by atoms with Crippen molar-refractivity contribution in [1.82, 2.24) is 21.3 Å². The van der Waals surface area contributed by atoms with Gasteiger partial charge in [-0.15, -0.1) is 0 Å². The van der Waals surface area contributed by atoms with E-state index in [1.807, 2.05) is 73.7 Å². The summed E-state index contributed by atoms with van der Waals surface area (Å²) < 4.78 is 11.9. The van der Waals surface area contributed by atoms with Crippen molar-refractivity contribution in [3.63, 3.8) is 0 Å². The largest absolute Gasteiger partial charge is 0.386 e. The molecule has 7 rings (SSSR count). The number of rotatable bonds is 6. The molecule has 6 unspecified atom stereocenters. The van der Waals surface area contributed by atoms with Crippen LogP contribution in [-0.4, -0.2) is 53.0 Å². The Kier molecular flexibility index (Phi) is 12.9. The van der Waals surface area contributed by atoms with Gasteiger partial charge in [-0.1, -0.05) is 134 Å². The van der Waals surface area contributed by atoms with E-state index in [1.54, 1.807) is 54.6 Å². The first-order valence-electron chi connectivity index (χ1n) is 15.9. The van der Waals surface area contributed by atoms with Crippen LogP contribution in [0, 0.1) is 0 Å². The van der Waals surface area contributed by atoms with Crippen LogP contribution in [-0.2, 0) is 25.7 Å². The molecule has 0 aliphatic carbocycles. The first kappa shape index (κ1) is 38.1. The maximum atomic E-state index is 12.6. The Bertz CT molecular complexity index is 1780. The fraction of sp³-hybridized carbons (Fsp3) is 0.184. The van der Waals surface area contributed by atoms with E-state index >= 15 is 0 Å². The van der Waals surface area contributed by atoms with E-state index in [2.05, 4.69) is 34.4 Å². The lowest BCUT2D eigenvalue weighted by Gasteiger charge is -2.26. The number of hydrogen-bond acceptors (Lipinski definition) is 13. The number of hydrogen-bond donors (Lipinski definition) is 8. The molecular weight excluding hydrogens is 652 g/mol. The van der Waals surface area contributed by atoms with Gasteiger partial charge >= 0.3 is 0 Å². The molecule has 3 aliphatic rings. The third-order valence-electron chi connectivity index (χ3n) is 7.66. The first-order chi connectivity index (χ1) is 24.4. The molecule has 0 bridgehead atoms. The second-order valence-corrected chi connectivity index (χ2v) is 11.5. The summed E-state index contributed by atoms with van der Waals surface area (Å²) in [6.07, 6.45) is -2.28. The summed E-state index contributed by atoms with van der Waals surface area (Å²) in [4.78, 5) is 33.2. The summed E-state index contributed by atoms with van der Waals surface area (Å²) in [7, 11) is 0. The van der Waals surface area contributed by atoms with Crippen LogP contribution in [0.15, 0.2) is 146 Å². The number of aldehydes is 1. The number of ether oxygens (including phenoxy) is 2. The number of Topliss-reactive ketones (excluding diaryl/α,β-unsaturated/α-hetero) is 2. The first-order valence-corrected chi connectivity index (χ1v) is 15.9. The Morgan fingerprint density at radius 2 is 1.29 bits per heavy atom. The van der Waals surface area contributed by atoms with E-state index in [4.69, 9.17) is 20.9 Å². The fourth-order valence-electron chi connectivity index (χ4n) is 5.37. The van der Waals surface area contributed by atoms with E-state index in [0.29, 0.717) is 28.8 Å². The van der Waals surface area contributed by atoms with Crippen LogP contribution in [0.25, 0.3) is 0 Å². The van der Waals surface area contributed by atoms with Gasteiger partial charge in [-0.2, -0.15) is 0 Å². The van der Waals surface area contributed by atoms with Crippen molar-refractivity contribution in [2.45, 2.75) is 43.3 Å². The Morgan fingerprint density at radius 3 is 1.76 bits per heavy atom. The lowest BCUT2D eigenvalue weighted by Crippen LogP contribution is -2.46. The van der Waals surface area contributed by atoms with Gasteiger partial charge in [0.2, 0.25) is 23.6 Å². The number of nitrogens with two attached hydrogens (primary N) is 2. The van der Waals surface area contributed by atoms with Crippen LogP contribution in [0.5, 0.6) is 0 Å². The predicted molar refractivity (Wildman–Crippen MR) is 190 cm³/mol. The molecule has 13 heteroatoms. The van der Waals surface area contributed by atoms with Gasteiger partial charge in [0, 0.05) is 22.3 Å². The maximum absolute atomic E-state index is 12.6. The normalized spacial score (nSPS) is 25.4. The second-order valence-electron chi connectivity index (χ2n) is 11.5. The van der Waals surface area contributed by atoms with Crippen LogP contribution < -0.4 is 32.7 Å². The van der Waals surface area contributed by atoms with Gasteiger partial charge in [0.1, 0.15) is 0 Å². The topological polar surface area (TPSA) is 210 Å². The zero-order chi connectivity index (χ0) is 37.0. The lowest BCUT2D eigenvalue weighted by molar-refractivity contribution is -0.104. The third-order valence-corrected chi connectivity index (χ3v) is 7.66. The van der Waals surface area contributed by atoms with E-state index in [1.165, 1.54) is 0 Å². The van der Waals surface area contributed by atoms with Gasteiger partial charge in [0.15, 0.2) is 24.5 Å². The zero-order valence-corrected chi connectivity index (χ0v) is 27.9. The molecule has 4 aromatic rings. The van der Waals surface area contributed by atoms with Gasteiger partial charge in [-0.05, 0) is 6.92 Å². The van der Waals surface area contributed by atoms with Gasteiger partial charge in [-0.25, -0.2) is 0 Å². The number of carbonyl (C=O) groups excluding carboxylic acids is 3. The van der Waals surface area contributed by atoms with E-state index in [-0.39, 0.29) is 17.8 Å². The number of fused-ring (bicyclic) bond motifs is 1. The number of benzene rings is 4. The highest BCUT2D eigenvalue weighted by Gasteiger charge is 2.57. The summed E-state index contributed by atoms with van der Waals surface area (Å²) in [6, 6.07) is 36.1. The van der Waals surface area contributed by atoms with Gasteiger partial charge in [0.25, 0.3) is 0 Å². The summed E-state index contributed by atoms with van der Waals surface area (Å²) in [5.74, 6) is 0.0922. The molecule has 0 saturated carbocycles. The molecule has 266 valence electrons. The number of aliphatic hydroxyl groups is 2. The summed E-state index contributed by atoms with van der Waals surface area (Å²) in [5, 5.41) is 31.8. The Hall–Kier alpha value is -5.67. The Morgan fingerprint density at radius 1 is 0.824 bits per heavy atom. The van der Waals surface area contributed by atoms with Crippen LogP contribution in [0.1, 0.15) is 38.8 Å². The van der Waals surface area contributed by atoms with Crippen LogP contribution in [0.2, 0.25) is 0 Å². The van der Waals surface area contributed by atoms with Crippen molar-refractivity contribution in [2.24, 2.45) is 11.5 Å². The third kappa shape index (κ3) is 9.52. The zero-order valence-electron chi connectivity index (χ0n) is 27.9. The van der Waals surface area contributed by atoms with Gasteiger partial charge < -0.3 is 41.8 Å². The minimum absolute atomic E-state index is 0.116. The average molecular weight is 695 g/mol. The highest BCUT2D eigenvalue weighted by molar-refractivity contribution is 6.33. The molecule has 0 spiro atoms. The van der Waals surface area contributed by atoms with Crippen LogP contribution in [0.4, 0.5) is 0 Å². The second kappa shape index (κ2) is 17.3. The molecule has 10 N–H and O–H groups in total. The molecule has 0 radical (unpaired) electrons. The molecule has 4 aromatic carbocycles. The van der Waals surface area contributed by atoms with Crippen molar-refractivity contribution in [3.8, 4) is 0 Å². The van der Waals surface area contributed by atoms with E-state index < -0.39 is 36.0 Å². The van der Waals surface area contributed by atoms with E-state index in [0.717, 1.165) is 5.56 Å². The summed E-state index contributed by atoms with van der Waals surface area (Å²) >= 11 is 0. The molecule has 13 nitrogen and oxygen atoms in total. The predicted octanol–water partition coefficient (Wildman–Crippen LogP) is 2.22. The molecule has 3 aliphatic heterocycles. The molecule has 6 atom stereocenters. The number of ketones is 2. The number of aliphatic hydroxyl groups excluding tert-OH is 1. The average Bonchev–Trinajstić information content (AvgIpc) is 3.76. The SMILES string of the molecule is C=C(N)N.C=C1NC2OC(C(=O)c3ccccc3)OC2(c2ccccc2)N1.CC1NC(O)C(O)(c2ccccc2)N1.O=CC(=O)c1ccccc1. The molecule has 3 heterocycles. The van der Waals surface area contributed by atoms with Crippen molar-refractivity contribution >= 4 is 17.9 Å². The Labute approximate surface area is 296 Å². The van der Waals surface area contributed by atoms with Gasteiger partial charge in [0.05, 0.1) is 17.8 Å². The van der Waals surface area contributed by atoms with E-state index in [9.17, 15) is 24.6 Å². The number of nitrogens with one attached hydrogen (secondary N) is 4. The molecule has 3 saturated heterocycles. The van der Waals surface area contributed by atoms with Crippen LogP contribution in [0.3, 0.4) is 0 Å². The molecule has 0 amide bonds. The molecular formula is C38H42N6O7. The maximum Gasteiger partial charge on any atom is 0.227 e. The highest BCUT2D eigenvalue weighted by Crippen LogP contribution is 2.40. The van der Waals surface area contributed by atoms with Crippen molar-refractivity contribution in [2.75, 3.05) is 0 Å². The smallest absolute Gasteiger partial charge is 0.227 e. The monoisotopic (exact) mass is 694 g/mol. The number of carbonyl (C=O) groups is 3. The van der Waals surface area contributed by atoms with Crippen molar-refractivity contribution in [3.05, 3.63) is 168 Å². The fourth-order valence-corrected chi connectivity index (χ4v) is 5.37. The Balaban J connectivity index is 0.000000177. The molecule has 51 heavy (non-hydrogen) atoms. The summed E-state index contributed by atoms with van der Waals surface area (Å²) in [6.45, 7) is 8.82. The minimum Gasteiger partial charge on any atom is -0.386 e. The quantitative estimate of drug-likeness (QED) is 0.0828. The molecule has 3 fully saturated rings. The summed E-state index contributed by atoms with van der Waals surface area (Å²) in [5.41, 5.74) is 9.58. The molecule has 0 aromatic heterocycles. The van der Waals surface area contributed by atoms with Crippen molar-refractivity contribution in [1.29, 1.82) is 0 Å². The standard InChI is InChI=1S/C18H16N2O3.C10H14N2O2.C8H6O2.C2H6N2/c1-12-19-17-18(20-12,14-10-6-3-7-11-14)23-16(22-17)15(21)13-8-4-2-5-9-13;1-7-11-9(13)10(14,12-7)8-5-3-2-4-6-8;9-6-8(10)7-4-2-1-3-5-7;1-2(3)4/h2-11,16-17,19-20H,1H2;2-7,9,11-14H,1H3;1-6H;1,3-4H2. The van der Waals surface area contributed by atoms with Gasteiger partial charge in [-0.3, -0.25) is 25.0 Å². The van der Waals surface area contributed by atoms with Crippen LogP contribution >= 0.6 is 0 Å². The van der Waals surface area contributed by atoms with Crippen molar-refractivity contribution < 1.29 is 34.1 Å². The lowest BCUT2D eigenvalue weighted by atomic mass is 10.0. The minimum atomic E-state index is -1.39.